The van der Waals surface area contributed by atoms with Crippen LogP contribution in [-0.2, 0) is 0 Å². The summed E-state index contributed by atoms with van der Waals surface area (Å²) >= 11 is 0. The molecule has 0 aromatic rings. The van der Waals surface area contributed by atoms with Crippen LogP contribution in [0.4, 0.5) is 0 Å². The average molecular weight is 195 g/mol. The smallest absolute Gasteiger partial charge is 0.00202 e. The fourth-order valence-corrected chi connectivity index (χ4v) is 4.24. The predicted octanol–water partition coefficient (Wildman–Crippen LogP) is 3.19. The summed E-state index contributed by atoms with van der Waals surface area (Å²) in [5, 5.41) is 0. The number of fused-ring (bicyclic) bond motifs is 2. The molecule has 0 saturated heterocycles. The molecule has 2 aliphatic carbocycles. The van der Waals surface area contributed by atoms with Gasteiger partial charge < -0.3 is 5.73 Å². The molecule has 0 spiro atoms. The van der Waals surface area contributed by atoms with Gasteiger partial charge in [0, 0.05) is 0 Å². The lowest BCUT2D eigenvalue weighted by Gasteiger charge is -2.50. The van der Waals surface area contributed by atoms with E-state index in [4.69, 9.17) is 5.73 Å². The summed E-state index contributed by atoms with van der Waals surface area (Å²) < 4.78 is 0. The van der Waals surface area contributed by atoms with Crippen molar-refractivity contribution in [3.63, 3.8) is 0 Å². The zero-order chi connectivity index (χ0) is 10.2. The number of hydrogen-bond donors (Lipinski definition) is 1. The van der Waals surface area contributed by atoms with Gasteiger partial charge in [-0.3, -0.25) is 0 Å². The second-order valence-corrected chi connectivity index (χ2v) is 6.03. The van der Waals surface area contributed by atoms with Crippen molar-refractivity contribution in [1.29, 1.82) is 0 Å². The van der Waals surface area contributed by atoms with E-state index in [9.17, 15) is 0 Å². The van der Waals surface area contributed by atoms with Crippen LogP contribution >= 0.6 is 0 Å². The first kappa shape index (κ1) is 10.5. The van der Waals surface area contributed by atoms with Crippen molar-refractivity contribution in [1.82, 2.24) is 0 Å². The van der Waals surface area contributed by atoms with Crippen LogP contribution < -0.4 is 5.73 Å². The van der Waals surface area contributed by atoms with E-state index in [1.54, 1.807) is 0 Å². The van der Waals surface area contributed by atoms with Gasteiger partial charge in [-0.1, -0.05) is 20.3 Å². The molecule has 1 heteroatoms. The second-order valence-electron chi connectivity index (χ2n) is 6.03. The molecule has 82 valence electrons. The quantitative estimate of drug-likeness (QED) is 0.719. The van der Waals surface area contributed by atoms with Crippen LogP contribution in [0, 0.1) is 23.2 Å². The molecule has 2 fully saturated rings. The van der Waals surface area contributed by atoms with Crippen molar-refractivity contribution in [2.45, 2.75) is 52.4 Å². The molecule has 2 saturated carbocycles. The number of rotatable bonds is 2. The van der Waals surface area contributed by atoms with Crippen LogP contribution in [0.2, 0.25) is 0 Å². The maximum Gasteiger partial charge on any atom is -0.00202 e. The Kier molecular flexibility index (Phi) is 2.88. The van der Waals surface area contributed by atoms with Crippen LogP contribution in [0.1, 0.15) is 52.4 Å². The lowest BCUT2D eigenvalue weighted by atomic mass is 9.56. The summed E-state index contributed by atoms with van der Waals surface area (Å²) in [6.45, 7) is 5.70. The molecule has 0 heterocycles. The predicted molar refractivity (Wildman–Crippen MR) is 61.0 cm³/mol. The summed E-state index contributed by atoms with van der Waals surface area (Å²) in [5.41, 5.74) is 6.57. The Hall–Kier alpha value is -0.0400. The SMILES string of the molecule is CCC1CC2CC(C)CC(CN)(C1)C2. The van der Waals surface area contributed by atoms with E-state index >= 15 is 0 Å². The lowest BCUT2D eigenvalue weighted by molar-refractivity contribution is 0.0189. The zero-order valence-corrected chi connectivity index (χ0v) is 9.76. The highest BCUT2D eigenvalue weighted by atomic mass is 14.6. The van der Waals surface area contributed by atoms with E-state index in [2.05, 4.69) is 13.8 Å². The topological polar surface area (TPSA) is 26.0 Å². The second kappa shape index (κ2) is 3.84. The molecular formula is C13H25N. The monoisotopic (exact) mass is 195 g/mol. The summed E-state index contributed by atoms with van der Waals surface area (Å²) in [4.78, 5) is 0. The minimum absolute atomic E-state index is 0.543. The van der Waals surface area contributed by atoms with Gasteiger partial charge >= 0.3 is 0 Å². The summed E-state index contributed by atoms with van der Waals surface area (Å²) in [7, 11) is 0. The largest absolute Gasteiger partial charge is 0.330 e. The highest BCUT2D eigenvalue weighted by Gasteiger charge is 2.43. The van der Waals surface area contributed by atoms with Crippen molar-refractivity contribution >= 4 is 0 Å². The van der Waals surface area contributed by atoms with Gasteiger partial charge in [-0.15, -0.1) is 0 Å². The van der Waals surface area contributed by atoms with E-state index in [1.165, 1.54) is 38.5 Å². The third-order valence-electron chi connectivity index (χ3n) is 4.64. The standard InChI is InChI=1S/C13H25N/c1-3-11-5-12-4-10(2)6-13(7-11,8-12)9-14/h10-12H,3-9,14H2,1-2H3. The molecular weight excluding hydrogens is 170 g/mol. The Morgan fingerprint density at radius 1 is 1.21 bits per heavy atom. The van der Waals surface area contributed by atoms with E-state index in [-0.39, 0.29) is 0 Å². The van der Waals surface area contributed by atoms with Crippen LogP contribution in [-0.4, -0.2) is 6.54 Å². The Morgan fingerprint density at radius 3 is 2.64 bits per heavy atom. The zero-order valence-electron chi connectivity index (χ0n) is 9.76. The van der Waals surface area contributed by atoms with E-state index in [0.717, 1.165) is 24.3 Å². The summed E-state index contributed by atoms with van der Waals surface area (Å²) in [5.74, 6) is 2.90. The van der Waals surface area contributed by atoms with Crippen LogP contribution in [0.5, 0.6) is 0 Å². The Morgan fingerprint density at radius 2 is 2.00 bits per heavy atom. The van der Waals surface area contributed by atoms with Gasteiger partial charge in [-0.25, -0.2) is 0 Å². The van der Waals surface area contributed by atoms with E-state index in [1.807, 2.05) is 0 Å². The first-order chi connectivity index (χ1) is 6.67. The molecule has 2 rings (SSSR count). The number of hydrogen-bond acceptors (Lipinski definition) is 1. The van der Waals surface area contributed by atoms with Gasteiger partial charge in [-0.05, 0) is 61.8 Å². The van der Waals surface area contributed by atoms with Gasteiger partial charge in [-0.2, -0.15) is 0 Å². The fraction of sp³-hybridized carbons (Fsp3) is 1.00. The molecule has 0 aromatic heterocycles. The van der Waals surface area contributed by atoms with Crippen LogP contribution in [0.25, 0.3) is 0 Å². The van der Waals surface area contributed by atoms with E-state index < -0.39 is 0 Å². The number of nitrogens with two attached hydrogens (primary N) is 1. The molecule has 2 aliphatic rings. The summed E-state index contributed by atoms with van der Waals surface area (Å²) in [6.07, 6.45) is 8.58. The van der Waals surface area contributed by atoms with Gasteiger partial charge in [0.25, 0.3) is 0 Å². The van der Waals surface area contributed by atoms with Gasteiger partial charge in [0.05, 0.1) is 0 Å². The molecule has 14 heavy (non-hydrogen) atoms. The fourth-order valence-electron chi connectivity index (χ4n) is 4.24. The third-order valence-corrected chi connectivity index (χ3v) is 4.64. The van der Waals surface area contributed by atoms with Crippen molar-refractivity contribution in [3.8, 4) is 0 Å². The molecule has 0 aromatic carbocycles. The Bertz CT molecular complexity index is 197. The van der Waals surface area contributed by atoms with Gasteiger partial charge in [0.15, 0.2) is 0 Å². The molecule has 0 amide bonds. The Labute approximate surface area is 88.4 Å². The first-order valence-electron chi connectivity index (χ1n) is 6.37. The maximum absolute atomic E-state index is 6.02. The first-order valence-corrected chi connectivity index (χ1v) is 6.37. The molecule has 1 nitrogen and oxygen atoms in total. The molecule has 2 bridgehead atoms. The molecule has 0 radical (unpaired) electrons. The molecule has 4 unspecified atom stereocenters. The normalized spacial score (nSPS) is 47.8. The van der Waals surface area contributed by atoms with Crippen molar-refractivity contribution < 1.29 is 0 Å². The third kappa shape index (κ3) is 1.84. The molecule has 2 N–H and O–H groups in total. The Balaban J connectivity index is 2.11. The summed E-state index contributed by atoms with van der Waals surface area (Å²) in [6, 6.07) is 0. The highest BCUT2D eigenvalue weighted by molar-refractivity contribution is 4.95. The maximum atomic E-state index is 6.02. The molecule has 4 atom stereocenters. The minimum Gasteiger partial charge on any atom is -0.330 e. The van der Waals surface area contributed by atoms with Crippen LogP contribution in [0.15, 0.2) is 0 Å². The van der Waals surface area contributed by atoms with Gasteiger partial charge in [0.2, 0.25) is 0 Å². The van der Waals surface area contributed by atoms with Crippen molar-refractivity contribution in [2.24, 2.45) is 28.9 Å². The highest BCUT2D eigenvalue weighted by Crippen LogP contribution is 2.52. The molecule has 0 aliphatic heterocycles. The van der Waals surface area contributed by atoms with Gasteiger partial charge in [0.1, 0.15) is 0 Å². The van der Waals surface area contributed by atoms with E-state index in [0.29, 0.717) is 5.41 Å². The van der Waals surface area contributed by atoms with Crippen molar-refractivity contribution in [3.05, 3.63) is 0 Å². The van der Waals surface area contributed by atoms with Crippen molar-refractivity contribution in [2.75, 3.05) is 6.54 Å². The minimum atomic E-state index is 0.543. The average Bonchev–Trinajstić information content (AvgIpc) is 2.16. The van der Waals surface area contributed by atoms with Crippen LogP contribution in [0.3, 0.4) is 0 Å². The lowest BCUT2D eigenvalue weighted by Crippen LogP contribution is -2.44.